The normalized spacial score (nSPS) is 14.2. The standard InChI is InChI=1S/C27H29N3O5S/c1-19(20-10-4-3-5-11-20)28-26(31)22-12-6-7-13-24(22)29-36(33,34)21-14-15-25(35-2)23(18-21)27(32)30-16-8-9-17-30/h3-7,10-15,18-19,29H,8-9,16-17H2,1-2H3,(H,28,31)/t19-/m0/s1. The molecule has 3 aromatic carbocycles. The van der Waals surface area contributed by atoms with E-state index in [1.54, 1.807) is 23.1 Å². The molecule has 0 aliphatic carbocycles. The van der Waals surface area contributed by atoms with E-state index in [-0.39, 0.29) is 33.7 Å². The lowest BCUT2D eigenvalue weighted by Crippen LogP contribution is -2.28. The van der Waals surface area contributed by atoms with Crippen LogP contribution in [0.25, 0.3) is 0 Å². The molecule has 0 radical (unpaired) electrons. The van der Waals surface area contributed by atoms with Crippen LogP contribution in [0.1, 0.15) is 52.1 Å². The van der Waals surface area contributed by atoms with Crippen molar-refractivity contribution < 1.29 is 22.7 Å². The van der Waals surface area contributed by atoms with Gasteiger partial charge in [-0.05, 0) is 55.7 Å². The van der Waals surface area contributed by atoms with E-state index >= 15 is 0 Å². The van der Waals surface area contributed by atoms with Crippen molar-refractivity contribution in [2.24, 2.45) is 0 Å². The number of anilines is 1. The zero-order valence-corrected chi connectivity index (χ0v) is 21.0. The average molecular weight is 508 g/mol. The highest BCUT2D eigenvalue weighted by atomic mass is 32.2. The number of methoxy groups -OCH3 is 1. The number of nitrogens with zero attached hydrogens (tertiary/aromatic N) is 1. The van der Waals surface area contributed by atoms with Crippen molar-refractivity contribution in [1.29, 1.82) is 0 Å². The molecule has 1 saturated heterocycles. The summed E-state index contributed by atoms with van der Waals surface area (Å²) in [6.07, 6.45) is 1.82. The topological polar surface area (TPSA) is 105 Å². The van der Waals surface area contributed by atoms with Gasteiger partial charge < -0.3 is 15.0 Å². The van der Waals surface area contributed by atoms with Gasteiger partial charge >= 0.3 is 0 Å². The van der Waals surface area contributed by atoms with Gasteiger partial charge in [-0.2, -0.15) is 0 Å². The molecule has 4 rings (SSSR count). The Morgan fingerprint density at radius 2 is 1.58 bits per heavy atom. The highest BCUT2D eigenvalue weighted by Gasteiger charge is 2.26. The van der Waals surface area contributed by atoms with Gasteiger partial charge in [0.2, 0.25) is 0 Å². The molecule has 1 heterocycles. The molecular weight excluding hydrogens is 478 g/mol. The third kappa shape index (κ3) is 5.52. The van der Waals surface area contributed by atoms with Crippen molar-refractivity contribution >= 4 is 27.5 Å². The van der Waals surface area contributed by atoms with Crippen molar-refractivity contribution in [2.45, 2.75) is 30.7 Å². The summed E-state index contributed by atoms with van der Waals surface area (Å²) in [5.41, 5.74) is 1.44. The molecular formula is C27H29N3O5S. The quantitative estimate of drug-likeness (QED) is 0.475. The maximum Gasteiger partial charge on any atom is 0.261 e. The molecule has 8 nitrogen and oxygen atoms in total. The first-order chi connectivity index (χ1) is 17.3. The summed E-state index contributed by atoms with van der Waals surface area (Å²) in [4.78, 5) is 27.6. The van der Waals surface area contributed by atoms with Crippen LogP contribution in [0.4, 0.5) is 5.69 Å². The summed E-state index contributed by atoms with van der Waals surface area (Å²) in [7, 11) is -2.67. The van der Waals surface area contributed by atoms with Crippen LogP contribution in [0, 0.1) is 0 Å². The number of carbonyl (C=O) groups is 2. The first-order valence-electron chi connectivity index (χ1n) is 11.7. The fourth-order valence-electron chi connectivity index (χ4n) is 4.19. The Morgan fingerprint density at radius 3 is 2.28 bits per heavy atom. The van der Waals surface area contributed by atoms with E-state index in [1.807, 2.05) is 37.3 Å². The monoisotopic (exact) mass is 507 g/mol. The maximum absolute atomic E-state index is 13.3. The number of ether oxygens (including phenoxy) is 1. The summed E-state index contributed by atoms with van der Waals surface area (Å²) >= 11 is 0. The van der Waals surface area contributed by atoms with Gasteiger partial charge in [0, 0.05) is 13.1 Å². The zero-order chi connectivity index (χ0) is 25.7. The second-order valence-corrected chi connectivity index (χ2v) is 10.3. The molecule has 1 fully saturated rings. The van der Waals surface area contributed by atoms with Crippen LogP contribution < -0.4 is 14.8 Å². The first kappa shape index (κ1) is 25.2. The van der Waals surface area contributed by atoms with Gasteiger partial charge in [0.1, 0.15) is 5.75 Å². The molecule has 188 valence electrons. The lowest BCUT2D eigenvalue weighted by atomic mass is 10.1. The first-order valence-corrected chi connectivity index (χ1v) is 13.2. The van der Waals surface area contributed by atoms with Crippen LogP contribution in [-0.2, 0) is 10.0 Å². The molecule has 1 atom stereocenters. The van der Waals surface area contributed by atoms with Gasteiger partial charge in [-0.15, -0.1) is 0 Å². The Morgan fingerprint density at radius 1 is 0.917 bits per heavy atom. The lowest BCUT2D eigenvalue weighted by molar-refractivity contribution is 0.0788. The third-order valence-corrected chi connectivity index (χ3v) is 7.53. The highest BCUT2D eigenvalue weighted by molar-refractivity contribution is 7.92. The van der Waals surface area contributed by atoms with Crippen LogP contribution in [0.5, 0.6) is 5.75 Å². The fraction of sp³-hybridized carbons (Fsp3) is 0.259. The molecule has 36 heavy (non-hydrogen) atoms. The van der Waals surface area contributed by atoms with Gasteiger partial charge in [-0.25, -0.2) is 8.42 Å². The van der Waals surface area contributed by atoms with Crippen molar-refractivity contribution in [3.8, 4) is 5.75 Å². The molecule has 0 spiro atoms. The summed E-state index contributed by atoms with van der Waals surface area (Å²) in [5, 5.41) is 2.91. The minimum atomic E-state index is -4.11. The molecule has 0 saturated carbocycles. The highest BCUT2D eigenvalue weighted by Crippen LogP contribution is 2.27. The van der Waals surface area contributed by atoms with Crippen LogP contribution in [0.3, 0.4) is 0 Å². The van der Waals surface area contributed by atoms with Crippen molar-refractivity contribution in [2.75, 3.05) is 24.9 Å². The number of hydrogen-bond acceptors (Lipinski definition) is 5. The number of sulfonamides is 1. The zero-order valence-electron chi connectivity index (χ0n) is 20.2. The third-order valence-electron chi connectivity index (χ3n) is 6.17. The summed E-state index contributed by atoms with van der Waals surface area (Å²) < 4.78 is 34.5. The smallest absolute Gasteiger partial charge is 0.261 e. The van der Waals surface area contributed by atoms with Gasteiger partial charge in [-0.3, -0.25) is 14.3 Å². The molecule has 0 unspecified atom stereocenters. The number of benzene rings is 3. The van der Waals surface area contributed by atoms with Crippen LogP contribution in [0.2, 0.25) is 0 Å². The number of likely N-dealkylation sites (tertiary alicyclic amines) is 1. The van der Waals surface area contributed by atoms with Crippen molar-refractivity contribution in [3.63, 3.8) is 0 Å². The molecule has 1 aliphatic heterocycles. The maximum atomic E-state index is 13.3. The number of para-hydroxylation sites is 1. The van der Waals surface area contributed by atoms with Crippen LogP contribution >= 0.6 is 0 Å². The summed E-state index contributed by atoms with van der Waals surface area (Å²) in [6.45, 7) is 3.11. The second-order valence-electron chi connectivity index (χ2n) is 8.62. The second kappa shape index (κ2) is 10.8. The number of carbonyl (C=O) groups excluding carboxylic acids is 2. The largest absolute Gasteiger partial charge is 0.496 e. The van der Waals surface area contributed by atoms with E-state index in [0.717, 1.165) is 18.4 Å². The number of hydrogen-bond donors (Lipinski definition) is 2. The number of amides is 2. The Labute approximate surface area is 211 Å². The SMILES string of the molecule is COc1ccc(S(=O)(=O)Nc2ccccc2C(=O)N[C@@H](C)c2ccccc2)cc1C(=O)N1CCCC1. The van der Waals surface area contributed by atoms with E-state index in [2.05, 4.69) is 10.0 Å². The van der Waals surface area contributed by atoms with Crippen LogP contribution in [-0.4, -0.2) is 45.3 Å². The van der Waals surface area contributed by atoms with Gasteiger partial charge in [0.15, 0.2) is 0 Å². The van der Waals surface area contributed by atoms with E-state index in [9.17, 15) is 18.0 Å². The summed E-state index contributed by atoms with van der Waals surface area (Å²) in [5.74, 6) is -0.374. The van der Waals surface area contributed by atoms with E-state index in [4.69, 9.17) is 4.74 Å². The molecule has 0 bridgehead atoms. The number of nitrogens with one attached hydrogen (secondary N) is 2. The molecule has 2 N–H and O–H groups in total. The molecule has 0 aromatic heterocycles. The van der Waals surface area contributed by atoms with Gasteiger partial charge in [0.25, 0.3) is 21.8 Å². The van der Waals surface area contributed by atoms with Crippen LogP contribution in [0.15, 0.2) is 77.7 Å². The van der Waals surface area contributed by atoms with Gasteiger partial charge in [-0.1, -0.05) is 42.5 Å². The van der Waals surface area contributed by atoms with E-state index in [0.29, 0.717) is 18.8 Å². The Kier molecular flexibility index (Phi) is 7.59. The average Bonchev–Trinajstić information content (AvgIpc) is 3.43. The predicted octanol–water partition coefficient (Wildman–Crippen LogP) is 4.22. The Balaban J connectivity index is 1.59. The fourth-order valence-corrected chi connectivity index (χ4v) is 5.29. The molecule has 2 amide bonds. The Bertz CT molecular complexity index is 1350. The summed E-state index contributed by atoms with van der Waals surface area (Å²) in [6, 6.07) is 19.8. The lowest BCUT2D eigenvalue weighted by Gasteiger charge is -2.19. The minimum Gasteiger partial charge on any atom is -0.496 e. The molecule has 3 aromatic rings. The van der Waals surface area contributed by atoms with E-state index in [1.165, 1.54) is 31.4 Å². The van der Waals surface area contributed by atoms with Crippen molar-refractivity contribution in [1.82, 2.24) is 10.2 Å². The predicted molar refractivity (Wildman–Crippen MR) is 138 cm³/mol. The van der Waals surface area contributed by atoms with Crippen molar-refractivity contribution in [3.05, 3.63) is 89.5 Å². The molecule has 9 heteroatoms. The Hall–Kier alpha value is -3.85. The van der Waals surface area contributed by atoms with Gasteiger partial charge in [0.05, 0.1) is 34.9 Å². The molecule has 1 aliphatic rings. The van der Waals surface area contributed by atoms with E-state index < -0.39 is 15.9 Å². The minimum absolute atomic E-state index is 0.0984. The number of rotatable bonds is 8.